The maximum Gasteiger partial charge on any atom is 0.133 e. The second-order valence-corrected chi connectivity index (χ2v) is 6.18. The molecular formula is C13H22ClNOS. The SMILES string of the molecule is CCSc1cc(C(C)(C)C)cc(CN)c1O.Cl. The summed E-state index contributed by atoms with van der Waals surface area (Å²) in [4.78, 5) is 0.940. The molecule has 2 nitrogen and oxygen atoms in total. The fourth-order valence-electron chi connectivity index (χ4n) is 1.52. The zero-order chi connectivity index (χ0) is 12.3. The second kappa shape index (κ2) is 6.53. The Morgan fingerprint density at radius 1 is 1.29 bits per heavy atom. The Bertz CT molecular complexity index is 374. The Kier molecular flexibility index (Phi) is 6.38. The van der Waals surface area contributed by atoms with E-state index in [9.17, 15) is 5.11 Å². The van der Waals surface area contributed by atoms with E-state index in [0.29, 0.717) is 12.3 Å². The van der Waals surface area contributed by atoms with Gasteiger partial charge in [0, 0.05) is 17.0 Å². The molecule has 98 valence electrons. The molecule has 0 radical (unpaired) electrons. The van der Waals surface area contributed by atoms with E-state index in [1.54, 1.807) is 11.8 Å². The minimum Gasteiger partial charge on any atom is -0.506 e. The van der Waals surface area contributed by atoms with E-state index < -0.39 is 0 Å². The first-order valence-corrected chi connectivity index (χ1v) is 6.58. The van der Waals surface area contributed by atoms with Crippen molar-refractivity contribution in [3.63, 3.8) is 0 Å². The molecule has 1 aromatic rings. The Balaban J connectivity index is 0.00000256. The molecule has 0 aromatic heterocycles. The fraction of sp³-hybridized carbons (Fsp3) is 0.538. The van der Waals surface area contributed by atoms with Gasteiger partial charge in [-0.15, -0.1) is 24.2 Å². The summed E-state index contributed by atoms with van der Waals surface area (Å²) in [5.41, 5.74) is 7.80. The monoisotopic (exact) mass is 275 g/mol. The molecule has 0 saturated carbocycles. The minimum atomic E-state index is 0. The number of nitrogens with two attached hydrogens (primary N) is 1. The van der Waals surface area contributed by atoms with Crippen molar-refractivity contribution in [1.29, 1.82) is 0 Å². The number of phenolic OH excluding ortho intramolecular Hbond substituents is 1. The van der Waals surface area contributed by atoms with Crippen molar-refractivity contribution >= 4 is 24.2 Å². The van der Waals surface area contributed by atoms with Gasteiger partial charge in [-0.3, -0.25) is 0 Å². The van der Waals surface area contributed by atoms with Crippen molar-refractivity contribution in [2.45, 2.75) is 44.6 Å². The van der Waals surface area contributed by atoms with E-state index in [1.807, 2.05) is 6.07 Å². The number of phenols is 1. The van der Waals surface area contributed by atoms with Gasteiger partial charge in [-0.1, -0.05) is 33.8 Å². The van der Waals surface area contributed by atoms with Crippen LogP contribution in [-0.4, -0.2) is 10.9 Å². The van der Waals surface area contributed by atoms with Gasteiger partial charge >= 0.3 is 0 Å². The summed E-state index contributed by atoms with van der Waals surface area (Å²) in [5.74, 6) is 1.30. The third kappa shape index (κ3) is 4.09. The van der Waals surface area contributed by atoms with Crippen LogP contribution in [0.3, 0.4) is 0 Å². The molecule has 1 aromatic carbocycles. The molecule has 1 rings (SSSR count). The number of hydrogen-bond acceptors (Lipinski definition) is 3. The minimum absolute atomic E-state index is 0. The molecule has 0 heterocycles. The lowest BCUT2D eigenvalue weighted by atomic mass is 9.86. The first-order valence-electron chi connectivity index (χ1n) is 5.59. The number of halogens is 1. The molecule has 0 unspecified atom stereocenters. The van der Waals surface area contributed by atoms with Gasteiger partial charge in [0.05, 0.1) is 0 Å². The molecule has 0 aliphatic rings. The van der Waals surface area contributed by atoms with E-state index >= 15 is 0 Å². The Labute approximate surface area is 114 Å². The Morgan fingerprint density at radius 2 is 1.88 bits per heavy atom. The summed E-state index contributed by atoms with van der Waals surface area (Å²) >= 11 is 1.66. The molecule has 0 spiro atoms. The van der Waals surface area contributed by atoms with Crippen molar-refractivity contribution < 1.29 is 5.11 Å². The predicted molar refractivity (Wildman–Crippen MR) is 78.3 cm³/mol. The lowest BCUT2D eigenvalue weighted by Crippen LogP contribution is -2.12. The molecule has 0 fully saturated rings. The summed E-state index contributed by atoms with van der Waals surface area (Å²) in [5, 5.41) is 10.0. The molecule has 0 atom stereocenters. The number of benzene rings is 1. The van der Waals surface area contributed by atoms with Gasteiger partial charge in [-0.2, -0.15) is 0 Å². The third-order valence-corrected chi connectivity index (χ3v) is 3.45. The van der Waals surface area contributed by atoms with Crippen LogP contribution in [0.15, 0.2) is 17.0 Å². The van der Waals surface area contributed by atoms with Crippen LogP contribution in [0, 0.1) is 0 Å². The maximum atomic E-state index is 10.0. The first-order chi connectivity index (χ1) is 7.40. The van der Waals surface area contributed by atoms with Crippen molar-refractivity contribution in [3.05, 3.63) is 23.3 Å². The normalized spacial score (nSPS) is 11.1. The van der Waals surface area contributed by atoms with Crippen LogP contribution in [0.1, 0.15) is 38.8 Å². The summed E-state index contributed by atoms with van der Waals surface area (Å²) in [6.45, 7) is 8.96. The summed E-state index contributed by atoms with van der Waals surface area (Å²) in [6, 6.07) is 4.08. The predicted octanol–water partition coefficient (Wildman–Crippen LogP) is 3.68. The topological polar surface area (TPSA) is 46.2 Å². The van der Waals surface area contributed by atoms with Gasteiger partial charge in [0.1, 0.15) is 5.75 Å². The van der Waals surface area contributed by atoms with Gasteiger partial charge < -0.3 is 10.8 Å². The van der Waals surface area contributed by atoms with Crippen LogP contribution >= 0.6 is 24.2 Å². The van der Waals surface area contributed by atoms with Crippen LogP contribution in [-0.2, 0) is 12.0 Å². The molecule has 4 heteroatoms. The largest absolute Gasteiger partial charge is 0.506 e. The van der Waals surface area contributed by atoms with Crippen molar-refractivity contribution in [2.24, 2.45) is 5.73 Å². The number of rotatable bonds is 3. The standard InChI is InChI=1S/C13H21NOS.ClH/c1-5-16-11-7-10(13(2,3)4)6-9(8-14)12(11)15;/h6-7,15H,5,8,14H2,1-4H3;1H. The maximum absolute atomic E-state index is 10.0. The van der Waals surface area contributed by atoms with E-state index in [0.717, 1.165) is 16.2 Å². The zero-order valence-electron chi connectivity index (χ0n) is 10.9. The smallest absolute Gasteiger partial charge is 0.133 e. The average molecular weight is 276 g/mol. The highest BCUT2D eigenvalue weighted by Gasteiger charge is 2.18. The van der Waals surface area contributed by atoms with Crippen LogP contribution in [0.4, 0.5) is 0 Å². The van der Waals surface area contributed by atoms with Gasteiger partial charge in [0.15, 0.2) is 0 Å². The van der Waals surface area contributed by atoms with E-state index in [2.05, 4.69) is 33.8 Å². The van der Waals surface area contributed by atoms with Gasteiger partial charge in [0.25, 0.3) is 0 Å². The lowest BCUT2D eigenvalue weighted by molar-refractivity contribution is 0.453. The molecule has 3 N–H and O–H groups in total. The van der Waals surface area contributed by atoms with Crippen LogP contribution in [0.25, 0.3) is 0 Å². The molecule has 0 amide bonds. The van der Waals surface area contributed by atoms with Gasteiger partial charge in [-0.05, 0) is 22.8 Å². The van der Waals surface area contributed by atoms with Crippen molar-refractivity contribution in [2.75, 3.05) is 5.75 Å². The number of aromatic hydroxyl groups is 1. The van der Waals surface area contributed by atoms with Crippen LogP contribution in [0.2, 0.25) is 0 Å². The molecule has 0 bridgehead atoms. The molecule has 0 aliphatic carbocycles. The molecule has 0 aliphatic heterocycles. The van der Waals surface area contributed by atoms with Crippen molar-refractivity contribution in [3.8, 4) is 5.75 Å². The third-order valence-electron chi connectivity index (χ3n) is 2.54. The van der Waals surface area contributed by atoms with Crippen LogP contribution in [0.5, 0.6) is 5.75 Å². The fourth-order valence-corrected chi connectivity index (χ4v) is 2.31. The molecular weight excluding hydrogens is 254 g/mol. The van der Waals surface area contributed by atoms with E-state index in [-0.39, 0.29) is 17.8 Å². The summed E-state index contributed by atoms with van der Waals surface area (Å²) < 4.78 is 0. The quantitative estimate of drug-likeness (QED) is 0.827. The highest BCUT2D eigenvalue weighted by molar-refractivity contribution is 7.99. The highest BCUT2D eigenvalue weighted by Crippen LogP contribution is 2.36. The van der Waals surface area contributed by atoms with Crippen LogP contribution < -0.4 is 5.73 Å². The second-order valence-electron chi connectivity index (χ2n) is 4.87. The van der Waals surface area contributed by atoms with E-state index in [1.165, 1.54) is 5.56 Å². The number of hydrogen-bond donors (Lipinski definition) is 2. The molecule has 0 saturated heterocycles. The van der Waals surface area contributed by atoms with Gasteiger partial charge in [-0.25, -0.2) is 0 Å². The average Bonchev–Trinajstić information content (AvgIpc) is 2.19. The Morgan fingerprint density at radius 3 is 2.29 bits per heavy atom. The van der Waals surface area contributed by atoms with E-state index in [4.69, 9.17) is 5.73 Å². The first kappa shape index (κ1) is 16.6. The lowest BCUT2D eigenvalue weighted by Gasteiger charge is -2.22. The van der Waals surface area contributed by atoms with Gasteiger partial charge in [0.2, 0.25) is 0 Å². The summed E-state index contributed by atoms with van der Waals surface area (Å²) in [6.07, 6.45) is 0. The summed E-state index contributed by atoms with van der Waals surface area (Å²) in [7, 11) is 0. The molecule has 17 heavy (non-hydrogen) atoms. The van der Waals surface area contributed by atoms with Crippen molar-refractivity contribution in [1.82, 2.24) is 0 Å². The zero-order valence-corrected chi connectivity index (χ0v) is 12.5. The Hall–Kier alpha value is -0.380. The number of thioether (sulfide) groups is 1. The highest BCUT2D eigenvalue weighted by atomic mass is 35.5.